The molecule has 0 fully saturated rings. The van der Waals surface area contributed by atoms with Crippen molar-refractivity contribution in [2.75, 3.05) is 20.3 Å². The summed E-state index contributed by atoms with van der Waals surface area (Å²) in [4.78, 5) is 0. The van der Waals surface area contributed by atoms with Crippen molar-refractivity contribution < 1.29 is 9.13 Å². The van der Waals surface area contributed by atoms with Gasteiger partial charge in [-0.15, -0.1) is 0 Å². The first-order valence-corrected chi connectivity index (χ1v) is 5.74. The average molecular weight is 246 g/mol. The van der Waals surface area contributed by atoms with Crippen LogP contribution < -0.4 is 5.32 Å². The molecule has 1 unspecified atom stereocenters. The fourth-order valence-corrected chi connectivity index (χ4v) is 1.78. The van der Waals surface area contributed by atoms with E-state index in [0.29, 0.717) is 18.7 Å². The highest BCUT2D eigenvalue weighted by Crippen LogP contribution is 2.24. The molecule has 0 aromatic heterocycles. The molecule has 16 heavy (non-hydrogen) atoms. The van der Waals surface area contributed by atoms with Crippen molar-refractivity contribution in [1.29, 1.82) is 0 Å². The summed E-state index contributed by atoms with van der Waals surface area (Å²) < 4.78 is 18.7. The second-order valence-corrected chi connectivity index (χ2v) is 3.96. The lowest BCUT2D eigenvalue weighted by atomic mass is 10.0. The first-order chi connectivity index (χ1) is 7.70. The Hall–Kier alpha value is -0.640. The van der Waals surface area contributed by atoms with Gasteiger partial charge in [-0.1, -0.05) is 30.7 Å². The van der Waals surface area contributed by atoms with Crippen LogP contribution in [0.5, 0.6) is 0 Å². The lowest BCUT2D eigenvalue weighted by Crippen LogP contribution is -2.25. The molecule has 0 amide bonds. The Morgan fingerprint density at radius 3 is 2.88 bits per heavy atom. The number of rotatable bonds is 6. The van der Waals surface area contributed by atoms with Crippen LogP contribution in [0.25, 0.3) is 0 Å². The number of hydrogen-bond donors (Lipinski definition) is 1. The largest absolute Gasteiger partial charge is 0.383 e. The molecule has 0 radical (unpaired) electrons. The molecule has 1 atom stereocenters. The molecule has 0 aliphatic rings. The number of hydrogen-bond acceptors (Lipinski definition) is 2. The highest BCUT2D eigenvalue weighted by atomic mass is 35.5. The van der Waals surface area contributed by atoms with Gasteiger partial charge in [-0.05, 0) is 12.5 Å². The predicted octanol–water partition coefficient (Wildman–Crippen LogP) is 3.17. The average Bonchev–Trinajstić information content (AvgIpc) is 2.29. The molecule has 90 valence electrons. The molecule has 0 spiro atoms. The van der Waals surface area contributed by atoms with Crippen LogP contribution in [0.4, 0.5) is 4.39 Å². The van der Waals surface area contributed by atoms with E-state index in [0.717, 1.165) is 6.42 Å². The van der Waals surface area contributed by atoms with Crippen molar-refractivity contribution in [3.05, 3.63) is 34.6 Å². The monoisotopic (exact) mass is 245 g/mol. The number of methoxy groups -OCH3 is 1. The quantitative estimate of drug-likeness (QED) is 0.778. The molecular weight excluding hydrogens is 229 g/mol. The number of benzene rings is 1. The second kappa shape index (κ2) is 6.84. The maximum atomic E-state index is 13.7. The lowest BCUT2D eigenvalue weighted by Gasteiger charge is -2.18. The van der Waals surface area contributed by atoms with Crippen molar-refractivity contribution in [2.24, 2.45) is 0 Å². The topological polar surface area (TPSA) is 21.3 Å². The van der Waals surface area contributed by atoms with Crippen molar-refractivity contribution in [1.82, 2.24) is 5.32 Å². The van der Waals surface area contributed by atoms with E-state index in [1.807, 2.05) is 6.92 Å². The predicted molar refractivity (Wildman–Crippen MR) is 64.3 cm³/mol. The highest BCUT2D eigenvalue weighted by molar-refractivity contribution is 6.30. The zero-order chi connectivity index (χ0) is 12.0. The first-order valence-electron chi connectivity index (χ1n) is 5.37. The van der Waals surface area contributed by atoms with Crippen LogP contribution in [0.3, 0.4) is 0 Å². The molecule has 0 aliphatic heterocycles. The van der Waals surface area contributed by atoms with E-state index in [4.69, 9.17) is 16.3 Å². The van der Waals surface area contributed by atoms with Crippen LogP contribution in [0, 0.1) is 5.82 Å². The van der Waals surface area contributed by atoms with Gasteiger partial charge in [-0.2, -0.15) is 0 Å². The van der Waals surface area contributed by atoms with Crippen LogP contribution in [0.1, 0.15) is 24.9 Å². The van der Waals surface area contributed by atoms with Crippen molar-refractivity contribution in [3.63, 3.8) is 0 Å². The summed E-state index contributed by atoms with van der Waals surface area (Å²) in [7, 11) is 1.64. The Morgan fingerprint density at radius 2 is 2.25 bits per heavy atom. The van der Waals surface area contributed by atoms with Gasteiger partial charge < -0.3 is 10.1 Å². The summed E-state index contributed by atoms with van der Waals surface area (Å²) in [5.74, 6) is -0.332. The molecule has 1 rings (SSSR count). The van der Waals surface area contributed by atoms with Crippen LogP contribution in [0.15, 0.2) is 18.2 Å². The molecule has 0 heterocycles. The number of ether oxygens (including phenoxy) is 1. The van der Waals surface area contributed by atoms with E-state index in [2.05, 4.69) is 5.32 Å². The standard InChI is InChI=1S/C12H17ClFNO/c1-3-11(15-7-8-16-2)9-5-4-6-10(13)12(9)14/h4-6,11,15H,3,7-8H2,1-2H3. The van der Waals surface area contributed by atoms with Gasteiger partial charge in [0.05, 0.1) is 11.6 Å². The number of nitrogens with one attached hydrogen (secondary N) is 1. The Balaban J connectivity index is 2.74. The van der Waals surface area contributed by atoms with Crippen molar-refractivity contribution in [3.8, 4) is 0 Å². The Labute approximate surface area is 101 Å². The molecule has 4 heteroatoms. The molecule has 0 bridgehead atoms. The van der Waals surface area contributed by atoms with Crippen LogP contribution >= 0.6 is 11.6 Å². The first kappa shape index (κ1) is 13.4. The molecule has 1 aromatic carbocycles. The summed E-state index contributed by atoms with van der Waals surface area (Å²) >= 11 is 5.75. The van der Waals surface area contributed by atoms with Crippen molar-refractivity contribution in [2.45, 2.75) is 19.4 Å². The van der Waals surface area contributed by atoms with E-state index in [9.17, 15) is 4.39 Å². The molecule has 0 aliphatic carbocycles. The van der Waals surface area contributed by atoms with Gasteiger partial charge in [0, 0.05) is 25.3 Å². The van der Waals surface area contributed by atoms with Gasteiger partial charge in [0.1, 0.15) is 5.82 Å². The molecule has 0 saturated carbocycles. The van der Waals surface area contributed by atoms with Crippen LogP contribution in [-0.2, 0) is 4.74 Å². The summed E-state index contributed by atoms with van der Waals surface area (Å²) in [6, 6.07) is 5.06. The van der Waals surface area contributed by atoms with Crippen molar-refractivity contribution >= 4 is 11.6 Å². The zero-order valence-electron chi connectivity index (χ0n) is 9.59. The molecule has 2 nitrogen and oxygen atoms in total. The SMILES string of the molecule is CCC(NCCOC)c1cccc(Cl)c1F. The van der Waals surface area contributed by atoms with Gasteiger partial charge >= 0.3 is 0 Å². The van der Waals surface area contributed by atoms with Crippen LogP contribution in [0.2, 0.25) is 5.02 Å². The summed E-state index contributed by atoms with van der Waals surface area (Å²) in [5, 5.41) is 3.40. The van der Waals surface area contributed by atoms with E-state index >= 15 is 0 Å². The molecule has 1 aromatic rings. The molecule has 0 saturated heterocycles. The Morgan fingerprint density at radius 1 is 1.50 bits per heavy atom. The van der Waals surface area contributed by atoms with E-state index in [1.165, 1.54) is 0 Å². The third-order valence-corrected chi connectivity index (χ3v) is 2.75. The minimum absolute atomic E-state index is 0.0196. The maximum Gasteiger partial charge on any atom is 0.146 e. The lowest BCUT2D eigenvalue weighted by molar-refractivity contribution is 0.195. The van der Waals surface area contributed by atoms with E-state index in [1.54, 1.807) is 25.3 Å². The third-order valence-electron chi connectivity index (χ3n) is 2.46. The normalized spacial score (nSPS) is 12.8. The Kier molecular flexibility index (Phi) is 5.74. The minimum atomic E-state index is -0.332. The Bertz CT molecular complexity index is 333. The number of halogens is 2. The second-order valence-electron chi connectivity index (χ2n) is 3.55. The maximum absolute atomic E-state index is 13.7. The zero-order valence-corrected chi connectivity index (χ0v) is 10.4. The molecule has 1 N–H and O–H groups in total. The summed E-state index contributed by atoms with van der Waals surface area (Å²) in [6.45, 7) is 3.31. The van der Waals surface area contributed by atoms with E-state index in [-0.39, 0.29) is 16.9 Å². The van der Waals surface area contributed by atoms with Gasteiger partial charge in [0.25, 0.3) is 0 Å². The summed E-state index contributed by atoms with van der Waals surface area (Å²) in [5.41, 5.74) is 0.617. The third kappa shape index (κ3) is 3.44. The van der Waals surface area contributed by atoms with Gasteiger partial charge in [-0.3, -0.25) is 0 Å². The smallest absolute Gasteiger partial charge is 0.146 e. The highest BCUT2D eigenvalue weighted by Gasteiger charge is 2.14. The van der Waals surface area contributed by atoms with Gasteiger partial charge in [0.2, 0.25) is 0 Å². The van der Waals surface area contributed by atoms with Crippen LogP contribution in [-0.4, -0.2) is 20.3 Å². The van der Waals surface area contributed by atoms with E-state index < -0.39 is 0 Å². The van der Waals surface area contributed by atoms with Gasteiger partial charge in [-0.25, -0.2) is 4.39 Å². The van der Waals surface area contributed by atoms with Gasteiger partial charge in [0.15, 0.2) is 0 Å². The molecular formula is C12H17ClFNO. The fraction of sp³-hybridized carbons (Fsp3) is 0.500. The summed E-state index contributed by atoms with van der Waals surface area (Å²) in [6.07, 6.45) is 0.807. The minimum Gasteiger partial charge on any atom is -0.383 e. The fourth-order valence-electron chi connectivity index (χ4n) is 1.60.